The largest absolute Gasteiger partial charge is 2.00 e. The molecule has 16 heteroatoms. The van der Waals surface area contributed by atoms with Crippen molar-refractivity contribution in [3.8, 4) is 0 Å². The number of nitrogens with one attached hydrogen (secondary N) is 3. The van der Waals surface area contributed by atoms with Gasteiger partial charge in [-0.2, -0.15) is 0 Å². The standard InChI is InChI=1S/C17H21N9.ClHO4.ClH.Mn/c1-17(8-18-2-14-5-21-11-24-14,9-19-3-15-6-22-12-25-15)10-20-4-16-7-23-13-26-16;2-1(3,4)5;;/h2-7,11-13H,8-10H2,1H3,(H,21,24)(H,22,25)(H,23,26);(H,2,3,4,5);1H;/q;;;+2/p-2. The Morgan fingerprint density at radius 1 is 0.758 bits per heavy atom. The van der Waals surface area contributed by atoms with Gasteiger partial charge in [-0.05, 0) is 0 Å². The van der Waals surface area contributed by atoms with Gasteiger partial charge in [-0.3, -0.25) is 15.0 Å². The van der Waals surface area contributed by atoms with Crippen LogP contribution in [0.3, 0.4) is 0 Å². The van der Waals surface area contributed by atoms with E-state index in [1.165, 1.54) is 0 Å². The van der Waals surface area contributed by atoms with Gasteiger partial charge in [0, 0.05) is 62.3 Å². The number of hydrogen-bond donors (Lipinski definition) is 3. The summed E-state index contributed by atoms with van der Waals surface area (Å²) >= 11 is 0. The number of imidazole rings is 3. The molecule has 3 aromatic rings. The number of rotatable bonds is 9. The first-order valence-electron chi connectivity index (χ1n) is 8.81. The van der Waals surface area contributed by atoms with Crippen molar-refractivity contribution in [3.05, 3.63) is 54.7 Å². The van der Waals surface area contributed by atoms with E-state index in [2.05, 4.69) is 51.8 Å². The maximum atomic E-state index is 8.49. The van der Waals surface area contributed by atoms with Crippen molar-refractivity contribution in [2.24, 2.45) is 20.4 Å². The van der Waals surface area contributed by atoms with E-state index >= 15 is 0 Å². The van der Waals surface area contributed by atoms with Crippen molar-refractivity contribution >= 4 is 18.6 Å². The Morgan fingerprint density at radius 2 is 1.03 bits per heavy atom. The third kappa shape index (κ3) is 14.4. The number of H-pyrrole nitrogens is 3. The molecule has 0 unspecified atom stereocenters. The molecule has 0 saturated heterocycles. The average Bonchev–Trinajstić information content (AvgIpc) is 3.44. The molecule has 1 radical (unpaired) electrons. The van der Waals surface area contributed by atoms with Gasteiger partial charge in [0.2, 0.25) is 0 Å². The molecule has 0 aliphatic carbocycles. The molecule has 33 heavy (non-hydrogen) atoms. The van der Waals surface area contributed by atoms with E-state index in [0.717, 1.165) is 17.1 Å². The van der Waals surface area contributed by atoms with Crippen molar-refractivity contribution in [2.75, 3.05) is 19.6 Å². The van der Waals surface area contributed by atoms with Gasteiger partial charge in [0.05, 0.1) is 36.1 Å². The van der Waals surface area contributed by atoms with E-state index in [4.69, 9.17) is 18.6 Å². The van der Waals surface area contributed by atoms with Crippen LogP contribution in [0.25, 0.3) is 0 Å². The van der Waals surface area contributed by atoms with Crippen LogP contribution in [-0.4, -0.2) is 68.2 Å². The molecular weight excluding hydrogens is 520 g/mol. The van der Waals surface area contributed by atoms with Gasteiger partial charge in [-0.1, -0.05) is 6.92 Å². The fraction of sp³-hybridized carbons (Fsp3) is 0.294. The van der Waals surface area contributed by atoms with Gasteiger partial charge >= 0.3 is 17.1 Å². The van der Waals surface area contributed by atoms with Gasteiger partial charge in [-0.25, -0.2) is 33.6 Å². The summed E-state index contributed by atoms with van der Waals surface area (Å²) in [4.78, 5) is 34.7. The third-order valence-electron chi connectivity index (χ3n) is 3.65. The molecule has 0 saturated carbocycles. The van der Waals surface area contributed by atoms with Crippen molar-refractivity contribution in [1.82, 2.24) is 29.9 Å². The summed E-state index contributed by atoms with van der Waals surface area (Å²) in [5, 5.41) is 0. The van der Waals surface area contributed by atoms with Gasteiger partial charge in [0.25, 0.3) is 0 Å². The Balaban J connectivity index is 0.00000133. The Morgan fingerprint density at radius 3 is 1.24 bits per heavy atom. The summed E-state index contributed by atoms with van der Waals surface area (Å²) in [5.74, 6) is 0. The van der Waals surface area contributed by atoms with E-state index in [1.54, 1.807) is 56.2 Å². The molecule has 179 valence electrons. The second-order valence-corrected chi connectivity index (χ2v) is 7.34. The molecule has 0 bridgehead atoms. The van der Waals surface area contributed by atoms with Crippen LogP contribution in [0, 0.1) is 15.7 Å². The normalized spacial score (nSPS) is 13.4. The quantitative estimate of drug-likeness (QED) is 0.176. The van der Waals surface area contributed by atoms with E-state index in [9.17, 15) is 0 Å². The maximum absolute atomic E-state index is 8.49. The van der Waals surface area contributed by atoms with Crippen molar-refractivity contribution in [2.45, 2.75) is 6.92 Å². The summed E-state index contributed by atoms with van der Waals surface area (Å²) in [7, 11) is -4.94. The van der Waals surface area contributed by atoms with E-state index in [0.29, 0.717) is 19.6 Å². The summed E-state index contributed by atoms with van der Waals surface area (Å²) in [5.41, 5.74) is 2.17. The first kappa shape index (κ1) is 30.6. The van der Waals surface area contributed by atoms with Crippen LogP contribution in [-0.2, 0) is 17.1 Å². The number of nitrogens with zero attached hydrogens (tertiary/aromatic N) is 6. The zero-order valence-corrected chi connectivity index (χ0v) is 20.0. The molecule has 3 heterocycles. The molecule has 0 amide bonds. The Labute approximate surface area is 208 Å². The minimum absolute atomic E-state index is 0. The second-order valence-electron chi connectivity index (χ2n) is 6.58. The van der Waals surface area contributed by atoms with Crippen LogP contribution in [0.2, 0.25) is 0 Å². The smallest absolute Gasteiger partial charge is 1.00 e. The first-order chi connectivity index (χ1) is 14.7. The molecule has 0 aromatic carbocycles. The van der Waals surface area contributed by atoms with Crippen LogP contribution in [0.1, 0.15) is 24.0 Å². The maximum Gasteiger partial charge on any atom is 2.00 e. The molecule has 3 aromatic heterocycles. The van der Waals surface area contributed by atoms with Crippen LogP contribution in [0.15, 0.2) is 52.5 Å². The SMILES string of the molecule is CC(CN=Cc1c[nH]cn1)(CN=Cc1c[nH]cn1)CN=Cc1c[nH]cn1.[Cl-].[Mn+2].[O-][Cl+3]([O-])([O-])[O-]. The molecule has 0 aliphatic rings. The number of aliphatic imine (C=N–C) groups is 3. The molecule has 0 aliphatic heterocycles. The van der Waals surface area contributed by atoms with Crippen LogP contribution in [0.4, 0.5) is 0 Å². The predicted octanol–water partition coefficient (Wildman–Crippen LogP) is -6.24. The zero-order valence-electron chi connectivity index (χ0n) is 17.3. The van der Waals surface area contributed by atoms with E-state index in [-0.39, 0.29) is 34.9 Å². The van der Waals surface area contributed by atoms with Crippen molar-refractivity contribution in [1.29, 1.82) is 0 Å². The summed E-state index contributed by atoms with van der Waals surface area (Å²) in [6.45, 7) is 3.85. The van der Waals surface area contributed by atoms with Gasteiger partial charge in [-0.15, -0.1) is 10.2 Å². The minimum atomic E-state index is -4.94. The summed E-state index contributed by atoms with van der Waals surface area (Å²) in [6.07, 6.45) is 15.5. The van der Waals surface area contributed by atoms with Crippen molar-refractivity contribution < 1.29 is 58.4 Å². The van der Waals surface area contributed by atoms with Gasteiger partial charge in [0.1, 0.15) is 0 Å². The zero-order chi connectivity index (χ0) is 22.6. The predicted molar refractivity (Wildman–Crippen MR) is 101 cm³/mol. The molecule has 0 fully saturated rings. The topological polar surface area (TPSA) is 215 Å². The number of halogens is 2. The fourth-order valence-electron chi connectivity index (χ4n) is 2.26. The Hall–Kier alpha value is -2.42. The molecule has 0 atom stereocenters. The molecular formula is C17H21Cl2MnN9O4. The number of hydrogen-bond acceptors (Lipinski definition) is 10. The summed E-state index contributed by atoms with van der Waals surface area (Å²) < 4.78 is 34.0. The monoisotopic (exact) mass is 540 g/mol. The first-order valence-corrected chi connectivity index (χ1v) is 10.0. The molecule has 3 N–H and O–H groups in total. The summed E-state index contributed by atoms with van der Waals surface area (Å²) in [6, 6.07) is 0. The van der Waals surface area contributed by atoms with Gasteiger partial charge in [0.15, 0.2) is 0 Å². The Bertz CT molecular complexity index is 825. The minimum Gasteiger partial charge on any atom is -1.00 e. The third-order valence-corrected chi connectivity index (χ3v) is 3.65. The average molecular weight is 541 g/mol. The van der Waals surface area contributed by atoms with Crippen LogP contribution < -0.4 is 31.0 Å². The van der Waals surface area contributed by atoms with E-state index in [1.807, 2.05) is 0 Å². The number of aromatic amines is 3. The molecule has 13 nitrogen and oxygen atoms in total. The van der Waals surface area contributed by atoms with E-state index < -0.39 is 10.2 Å². The van der Waals surface area contributed by atoms with Crippen LogP contribution >= 0.6 is 0 Å². The molecule has 0 spiro atoms. The van der Waals surface area contributed by atoms with Gasteiger partial charge < -0.3 is 27.4 Å². The number of aromatic nitrogens is 6. The molecule has 3 rings (SSSR count). The van der Waals surface area contributed by atoms with Crippen molar-refractivity contribution in [3.63, 3.8) is 0 Å². The fourth-order valence-corrected chi connectivity index (χ4v) is 2.26. The second kappa shape index (κ2) is 15.4. The Kier molecular flexibility index (Phi) is 14.3. The van der Waals surface area contributed by atoms with Crippen LogP contribution in [0.5, 0.6) is 0 Å².